The van der Waals surface area contributed by atoms with E-state index in [1.165, 1.54) is 4.90 Å². The third-order valence-electron chi connectivity index (χ3n) is 3.62. The first-order chi connectivity index (χ1) is 9.08. The Morgan fingerprint density at radius 3 is 2.84 bits per heavy atom. The van der Waals surface area contributed by atoms with Crippen LogP contribution in [0.1, 0.15) is 12.8 Å². The molecule has 3 rings (SSSR count). The molecule has 1 atom stereocenters. The van der Waals surface area contributed by atoms with Crippen LogP contribution in [0.4, 0.5) is 5.69 Å². The zero-order valence-electron chi connectivity index (χ0n) is 10.1. The first-order valence-corrected chi connectivity index (χ1v) is 7.59. The third-order valence-corrected chi connectivity index (χ3v) is 4.59. The Hall–Kier alpha value is -0.820. The second-order valence-electron chi connectivity index (χ2n) is 4.77. The topological polar surface area (TPSA) is 40.6 Å². The van der Waals surface area contributed by atoms with Gasteiger partial charge in [-0.05, 0) is 53.6 Å². The van der Waals surface area contributed by atoms with E-state index in [1.807, 2.05) is 6.07 Å². The van der Waals surface area contributed by atoms with Gasteiger partial charge in [0.1, 0.15) is 12.6 Å². The van der Waals surface area contributed by atoms with Gasteiger partial charge in [-0.25, -0.2) is 0 Å². The molecule has 0 N–H and O–H groups in total. The normalized spacial score (nSPS) is 22.9. The number of nitrogens with zero attached hydrogens (tertiary/aromatic N) is 2. The summed E-state index contributed by atoms with van der Waals surface area (Å²) in [6.45, 7) is 0.791. The molecule has 2 amide bonds. The Kier molecular flexibility index (Phi) is 3.42. The number of rotatable bonds is 1. The number of carbonyl (C=O) groups excluding carboxylic acids is 2. The Morgan fingerprint density at radius 2 is 2.11 bits per heavy atom. The van der Waals surface area contributed by atoms with E-state index < -0.39 is 0 Å². The smallest absolute Gasteiger partial charge is 0.250 e. The maximum Gasteiger partial charge on any atom is 0.250 e. The van der Waals surface area contributed by atoms with Crippen molar-refractivity contribution >= 4 is 51.7 Å². The van der Waals surface area contributed by atoms with Gasteiger partial charge in [-0.2, -0.15) is 0 Å². The minimum atomic E-state index is -0.295. The molecule has 2 aliphatic rings. The largest absolute Gasteiger partial charge is 0.329 e. The number of hydrogen-bond acceptors (Lipinski definition) is 2. The van der Waals surface area contributed by atoms with Crippen LogP contribution in [-0.2, 0) is 9.59 Å². The molecule has 1 aromatic rings. The fraction of sp³-hybridized carbons (Fsp3) is 0.385. The molecule has 0 saturated carbocycles. The second kappa shape index (κ2) is 4.94. The molecular weight excluding hydrogens is 379 g/mol. The Labute approximate surface area is 129 Å². The van der Waals surface area contributed by atoms with Gasteiger partial charge in [-0.3, -0.25) is 14.5 Å². The van der Waals surface area contributed by atoms with Crippen molar-refractivity contribution in [2.45, 2.75) is 18.9 Å². The predicted molar refractivity (Wildman–Crippen MR) is 81.3 cm³/mol. The van der Waals surface area contributed by atoms with Crippen molar-refractivity contribution in [3.63, 3.8) is 0 Å². The average Bonchev–Trinajstić information content (AvgIpc) is 2.84. The summed E-state index contributed by atoms with van der Waals surface area (Å²) in [7, 11) is 0. The molecular formula is C13H12ClIN2O2. The van der Waals surface area contributed by atoms with Crippen molar-refractivity contribution in [1.29, 1.82) is 0 Å². The standard InChI is InChI=1S/C13H12ClIN2O2/c14-9-6-8(15)3-4-10(9)17-7-12(18)16-5-1-2-11(16)13(17)19/h3-4,6,11H,1-2,5,7H2. The van der Waals surface area contributed by atoms with E-state index in [0.717, 1.165) is 16.4 Å². The molecule has 100 valence electrons. The van der Waals surface area contributed by atoms with Crippen LogP contribution in [0.5, 0.6) is 0 Å². The van der Waals surface area contributed by atoms with Gasteiger partial charge in [-0.15, -0.1) is 0 Å². The lowest BCUT2D eigenvalue weighted by Gasteiger charge is -2.36. The molecule has 2 fully saturated rings. The third kappa shape index (κ3) is 2.23. The Bertz CT molecular complexity index is 564. The quantitative estimate of drug-likeness (QED) is 0.690. The van der Waals surface area contributed by atoms with Gasteiger partial charge in [0.25, 0.3) is 0 Å². The van der Waals surface area contributed by atoms with Crippen LogP contribution in [0, 0.1) is 3.57 Å². The zero-order chi connectivity index (χ0) is 13.6. The molecule has 0 aromatic heterocycles. The number of piperazine rings is 1. The van der Waals surface area contributed by atoms with Gasteiger partial charge in [0.05, 0.1) is 10.7 Å². The lowest BCUT2D eigenvalue weighted by molar-refractivity contribution is -0.140. The number of anilines is 1. The van der Waals surface area contributed by atoms with Crippen LogP contribution >= 0.6 is 34.2 Å². The van der Waals surface area contributed by atoms with Crippen molar-refractivity contribution in [2.24, 2.45) is 0 Å². The highest BCUT2D eigenvalue weighted by Gasteiger charge is 2.42. The molecule has 4 nitrogen and oxygen atoms in total. The van der Waals surface area contributed by atoms with Gasteiger partial charge >= 0.3 is 0 Å². The molecule has 1 aromatic carbocycles. The summed E-state index contributed by atoms with van der Waals surface area (Å²) in [5.74, 6) is -0.00285. The maximum atomic E-state index is 12.5. The minimum Gasteiger partial charge on any atom is -0.329 e. The van der Waals surface area contributed by atoms with Crippen molar-refractivity contribution in [3.8, 4) is 0 Å². The number of benzene rings is 1. The van der Waals surface area contributed by atoms with Crippen molar-refractivity contribution in [3.05, 3.63) is 26.8 Å². The number of hydrogen-bond donors (Lipinski definition) is 0. The zero-order valence-corrected chi connectivity index (χ0v) is 13.0. The van der Waals surface area contributed by atoms with Crippen molar-refractivity contribution in [1.82, 2.24) is 4.90 Å². The molecule has 2 aliphatic heterocycles. The van der Waals surface area contributed by atoms with E-state index in [1.54, 1.807) is 17.0 Å². The number of halogens is 2. The molecule has 0 aliphatic carbocycles. The van der Waals surface area contributed by atoms with Crippen LogP contribution in [0.3, 0.4) is 0 Å². The lowest BCUT2D eigenvalue weighted by atomic mass is 10.1. The van der Waals surface area contributed by atoms with Gasteiger partial charge in [0, 0.05) is 10.1 Å². The average molecular weight is 391 g/mol. The lowest BCUT2D eigenvalue weighted by Crippen LogP contribution is -2.57. The Morgan fingerprint density at radius 1 is 1.32 bits per heavy atom. The Balaban J connectivity index is 1.96. The molecule has 1 unspecified atom stereocenters. The molecule has 0 radical (unpaired) electrons. The van der Waals surface area contributed by atoms with Crippen LogP contribution in [0.2, 0.25) is 5.02 Å². The molecule has 6 heteroatoms. The summed E-state index contributed by atoms with van der Waals surface area (Å²) in [5.41, 5.74) is 0.631. The summed E-state index contributed by atoms with van der Waals surface area (Å²) < 4.78 is 1.00. The minimum absolute atomic E-state index is 0.0108. The number of amides is 2. The highest BCUT2D eigenvalue weighted by molar-refractivity contribution is 14.1. The van der Waals surface area contributed by atoms with Crippen molar-refractivity contribution in [2.75, 3.05) is 18.0 Å². The predicted octanol–water partition coefficient (Wildman–Crippen LogP) is 2.28. The van der Waals surface area contributed by atoms with Gasteiger partial charge < -0.3 is 4.90 Å². The van der Waals surface area contributed by atoms with E-state index in [-0.39, 0.29) is 24.4 Å². The molecule has 0 bridgehead atoms. The first kappa shape index (κ1) is 13.2. The monoisotopic (exact) mass is 390 g/mol. The van der Waals surface area contributed by atoms with Crippen LogP contribution in [-0.4, -0.2) is 35.8 Å². The summed E-state index contributed by atoms with van der Waals surface area (Å²) >= 11 is 8.36. The highest BCUT2D eigenvalue weighted by Crippen LogP contribution is 2.32. The van der Waals surface area contributed by atoms with E-state index >= 15 is 0 Å². The van der Waals surface area contributed by atoms with E-state index in [4.69, 9.17) is 11.6 Å². The summed E-state index contributed by atoms with van der Waals surface area (Å²) in [6.07, 6.45) is 1.65. The van der Waals surface area contributed by atoms with Crippen molar-refractivity contribution < 1.29 is 9.59 Å². The van der Waals surface area contributed by atoms with Gasteiger partial charge in [-0.1, -0.05) is 11.6 Å². The van der Waals surface area contributed by atoms with E-state index in [0.29, 0.717) is 17.3 Å². The number of fused-ring (bicyclic) bond motifs is 1. The highest BCUT2D eigenvalue weighted by atomic mass is 127. The molecule has 2 saturated heterocycles. The summed E-state index contributed by atoms with van der Waals surface area (Å²) in [6, 6.07) is 5.20. The van der Waals surface area contributed by atoms with Gasteiger partial charge in [0.2, 0.25) is 11.8 Å². The fourth-order valence-corrected chi connectivity index (χ4v) is 3.67. The van der Waals surface area contributed by atoms with E-state index in [9.17, 15) is 9.59 Å². The molecule has 2 heterocycles. The van der Waals surface area contributed by atoms with Crippen LogP contribution < -0.4 is 4.90 Å². The SMILES string of the molecule is O=C1C2CCCN2C(=O)CN1c1ccc(I)cc1Cl. The van der Waals surface area contributed by atoms with Crippen LogP contribution in [0.15, 0.2) is 18.2 Å². The number of carbonyl (C=O) groups is 2. The first-order valence-electron chi connectivity index (χ1n) is 6.14. The summed E-state index contributed by atoms with van der Waals surface area (Å²) in [5, 5.41) is 0.513. The maximum absolute atomic E-state index is 12.5. The van der Waals surface area contributed by atoms with E-state index in [2.05, 4.69) is 22.6 Å². The van der Waals surface area contributed by atoms with Gasteiger partial charge in [0.15, 0.2) is 0 Å². The molecule has 19 heavy (non-hydrogen) atoms. The second-order valence-corrected chi connectivity index (χ2v) is 6.42. The molecule has 0 spiro atoms. The summed E-state index contributed by atoms with van der Waals surface area (Å²) in [4.78, 5) is 27.7. The fourth-order valence-electron chi connectivity index (χ4n) is 2.71. The van der Waals surface area contributed by atoms with Crippen LogP contribution in [0.25, 0.3) is 0 Å².